The van der Waals surface area contributed by atoms with Crippen LogP contribution in [0.2, 0.25) is 0 Å². The van der Waals surface area contributed by atoms with E-state index in [4.69, 9.17) is 0 Å². The molecule has 1 aliphatic rings. The van der Waals surface area contributed by atoms with Gasteiger partial charge in [-0.15, -0.1) is 11.3 Å². The van der Waals surface area contributed by atoms with E-state index in [0.717, 1.165) is 11.3 Å². The molecule has 9 nitrogen and oxygen atoms in total. The number of sulfonamides is 1. The van der Waals surface area contributed by atoms with Crippen molar-refractivity contribution >= 4 is 43.9 Å². The molecule has 11 heteroatoms. The fourth-order valence-corrected chi connectivity index (χ4v) is 5.78. The zero-order valence-corrected chi connectivity index (χ0v) is 16.8. The maximum Gasteiger partial charge on any atom is 0.270 e. The number of likely N-dealkylation sites (tertiary alicyclic amines) is 1. The van der Waals surface area contributed by atoms with Gasteiger partial charge < -0.3 is 9.88 Å². The summed E-state index contributed by atoms with van der Waals surface area (Å²) >= 11 is 1.16. The van der Waals surface area contributed by atoms with Gasteiger partial charge in [0, 0.05) is 48.4 Å². The van der Waals surface area contributed by atoms with Gasteiger partial charge in [-0.1, -0.05) is 6.07 Å². The molecule has 1 saturated heterocycles. The fraction of sp³-hybridized carbons (Fsp3) is 0.278. The molecule has 1 aliphatic heterocycles. The summed E-state index contributed by atoms with van der Waals surface area (Å²) in [5.74, 6) is -0.226. The van der Waals surface area contributed by atoms with E-state index in [1.54, 1.807) is 34.7 Å². The highest BCUT2D eigenvalue weighted by Crippen LogP contribution is 2.26. The molecule has 0 unspecified atom stereocenters. The molecule has 0 spiro atoms. The van der Waals surface area contributed by atoms with Crippen LogP contribution in [-0.4, -0.2) is 48.3 Å². The molecular formula is C18H18N4O5S2. The number of nitrogens with zero attached hydrogens (tertiary/aromatic N) is 2. The highest BCUT2D eigenvalue weighted by atomic mass is 32.2. The standard InChI is InChI=1S/C18H18N4O5S2/c23-18(15-11-19-16-4-3-13(22(24)25)10-14(15)16)21-7-5-12(6-8-21)20-29(26,27)17-2-1-9-28-17/h1-4,9-12,19-20H,5-8H2. The second kappa shape index (κ2) is 7.58. The molecule has 1 aromatic carbocycles. The first-order valence-electron chi connectivity index (χ1n) is 8.96. The Morgan fingerprint density at radius 2 is 2.03 bits per heavy atom. The molecule has 1 fully saturated rings. The zero-order chi connectivity index (χ0) is 20.6. The first kappa shape index (κ1) is 19.6. The lowest BCUT2D eigenvalue weighted by molar-refractivity contribution is -0.384. The van der Waals surface area contributed by atoms with Gasteiger partial charge in [0.1, 0.15) is 4.21 Å². The van der Waals surface area contributed by atoms with Crippen LogP contribution in [0.3, 0.4) is 0 Å². The van der Waals surface area contributed by atoms with E-state index in [-0.39, 0.29) is 21.8 Å². The van der Waals surface area contributed by atoms with E-state index in [0.29, 0.717) is 42.4 Å². The lowest BCUT2D eigenvalue weighted by Gasteiger charge is -2.32. The number of fused-ring (bicyclic) bond motifs is 1. The quantitative estimate of drug-likeness (QED) is 0.472. The number of piperidine rings is 1. The number of benzene rings is 1. The van der Waals surface area contributed by atoms with Crippen LogP contribution in [0.4, 0.5) is 5.69 Å². The summed E-state index contributed by atoms with van der Waals surface area (Å²) in [5, 5.41) is 13.2. The van der Waals surface area contributed by atoms with Crippen LogP contribution < -0.4 is 4.72 Å². The van der Waals surface area contributed by atoms with Gasteiger partial charge in [0.2, 0.25) is 10.0 Å². The number of hydrogen-bond donors (Lipinski definition) is 2. The lowest BCUT2D eigenvalue weighted by atomic mass is 10.0. The third-order valence-electron chi connectivity index (χ3n) is 4.97. The second-order valence-corrected chi connectivity index (χ2v) is 9.70. The van der Waals surface area contributed by atoms with Crippen molar-refractivity contribution < 1.29 is 18.1 Å². The van der Waals surface area contributed by atoms with Crippen LogP contribution in [0.5, 0.6) is 0 Å². The minimum Gasteiger partial charge on any atom is -0.360 e. The van der Waals surface area contributed by atoms with Crippen molar-refractivity contribution in [3.05, 3.63) is 57.6 Å². The number of aromatic nitrogens is 1. The van der Waals surface area contributed by atoms with Gasteiger partial charge in [0.25, 0.3) is 11.6 Å². The highest BCUT2D eigenvalue weighted by Gasteiger charge is 2.28. The van der Waals surface area contributed by atoms with Crippen molar-refractivity contribution in [2.75, 3.05) is 13.1 Å². The molecule has 0 atom stereocenters. The number of rotatable bonds is 5. The SMILES string of the molecule is O=C(c1c[nH]c2ccc([N+](=O)[O-])cc12)N1CCC(NS(=O)(=O)c2cccs2)CC1. The lowest BCUT2D eigenvalue weighted by Crippen LogP contribution is -2.46. The number of non-ortho nitro benzene ring substituents is 1. The van der Waals surface area contributed by atoms with Gasteiger partial charge in [-0.25, -0.2) is 13.1 Å². The fourth-order valence-electron chi connectivity index (χ4n) is 3.46. The Bertz CT molecular complexity index is 1160. The topological polar surface area (TPSA) is 125 Å². The number of carbonyl (C=O) groups is 1. The van der Waals surface area contributed by atoms with E-state index >= 15 is 0 Å². The largest absolute Gasteiger partial charge is 0.360 e. The number of amides is 1. The average molecular weight is 434 g/mol. The van der Waals surface area contributed by atoms with Crippen LogP contribution in [0, 0.1) is 10.1 Å². The van der Waals surface area contributed by atoms with Crippen LogP contribution in [0.25, 0.3) is 10.9 Å². The van der Waals surface area contributed by atoms with E-state index in [1.165, 1.54) is 12.1 Å². The van der Waals surface area contributed by atoms with Crippen molar-refractivity contribution in [3.63, 3.8) is 0 Å². The predicted molar refractivity (Wildman–Crippen MR) is 109 cm³/mol. The van der Waals surface area contributed by atoms with Crippen LogP contribution >= 0.6 is 11.3 Å². The van der Waals surface area contributed by atoms with Crippen molar-refractivity contribution in [2.45, 2.75) is 23.1 Å². The van der Waals surface area contributed by atoms with Crippen LogP contribution in [0.1, 0.15) is 23.2 Å². The third-order valence-corrected chi connectivity index (χ3v) is 7.89. The Hall–Kier alpha value is -2.76. The molecule has 0 aliphatic carbocycles. The Balaban J connectivity index is 1.45. The van der Waals surface area contributed by atoms with Gasteiger partial charge in [-0.3, -0.25) is 14.9 Å². The van der Waals surface area contributed by atoms with E-state index in [9.17, 15) is 23.3 Å². The molecule has 3 aromatic rings. The molecule has 0 radical (unpaired) electrons. The van der Waals surface area contributed by atoms with Gasteiger partial charge >= 0.3 is 0 Å². The van der Waals surface area contributed by atoms with Gasteiger partial charge in [-0.2, -0.15) is 0 Å². The molecule has 29 heavy (non-hydrogen) atoms. The first-order chi connectivity index (χ1) is 13.8. The minimum atomic E-state index is -3.54. The summed E-state index contributed by atoms with van der Waals surface area (Å²) in [4.78, 5) is 28.1. The number of aromatic amines is 1. The summed E-state index contributed by atoms with van der Waals surface area (Å²) < 4.78 is 27.7. The second-order valence-electron chi connectivity index (χ2n) is 6.81. The molecule has 0 bridgehead atoms. The number of H-pyrrole nitrogens is 1. The van der Waals surface area contributed by atoms with Crippen molar-refractivity contribution in [1.82, 2.24) is 14.6 Å². The highest BCUT2D eigenvalue weighted by molar-refractivity contribution is 7.91. The molecular weight excluding hydrogens is 416 g/mol. The van der Waals surface area contributed by atoms with Crippen LogP contribution in [-0.2, 0) is 10.0 Å². The van der Waals surface area contributed by atoms with Crippen molar-refractivity contribution in [1.29, 1.82) is 0 Å². The van der Waals surface area contributed by atoms with Gasteiger partial charge in [-0.05, 0) is 30.4 Å². The molecule has 2 N–H and O–H groups in total. The number of carbonyl (C=O) groups excluding carboxylic acids is 1. The first-order valence-corrected chi connectivity index (χ1v) is 11.3. The number of nitro benzene ring substituents is 1. The summed E-state index contributed by atoms with van der Waals surface area (Å²) in [6.45, 7) is 0.802. The summed E-state index contributed by atoms with van der Waals surface area (Å²) in [7, 11) is -3.54. The van der Waals surface area contributed by atoms with Crippen molar-refractivity contribution in [2.24, 2.45) is 0 Å². The molecule has 152 valence electrons. The zero-order valence-electron chi connectivity index (χ0n) is 15.2. The Labute approximate surface area is 170 Å². The predicted octanol–water partition coefficient (Wildman–Crippen LogP) is 2.72. The summed E-state index contributed by atoms with van der Waals surface area (Å²) in [5.41, 5.74) is 0.951. The summed E-state index contributed by atoms with van der Waals surface area (Å²) in [6.07, 6.45) is 2.56. The van der Waals surface area contributed by atoms with E-state index in [2.05, 4.69) is 9.71 Å². The summed E-state index contributed by atoms with van der Waals surface area (Å²) in [6, 6.07) is 7.36. The minimum absolute atomic E-state index is 0.0761. The number of hydrogen-bond acceptors (Lipinski definition) is 6. The maximum atomic E-state index is 12.9. The Morgan fingerprint density at radius 3 is 2.69 bits per heavy atom. The average Bonchev–Trinajstić information content (AvgIpc) is 3.37. The van der Waals surface area contributed by atoms with Crippen LogP contribution in [0.15, 0.2) is 46.1 Å². The number of nitrogens with one attached hydrogen (secondary N) is 2. The Kier molecular flexibility index (Phi) is 5.11. The monoisotopic (exact) mass is 434 g/mol. The number of nitro groups is 1. The molecule has 1 amide bonds. The maximum absolute atomic E-state index is 12.9. The van der Waals surface area contributed by atoms with Gasteiger partial charge in [0.05, 0.1) is 10.5 Å². The number of thiophene rings is 1. The van der Waals surface area contributed by atoms with E-state index in [1.807, 2.05) is 0 Å². The Morgan fingerprint density at radius 1 is 1.28 bits per heavy atom. The molecule has 2 aromatic heterocycles. The third kappa shape index (κ3) is 3.88. The normalized spacial score (nSPS) is 15.7. The van der Waals surface area contributed by atoms with Crippen molar-refractivity contribution in [3.8, 4) is 0 Å². The van der Waals surface area contributed by atoms with E-state index < -0.39 is 14.9 Å². The molecule has 3 heterocycles. The smallest absolute Gasteiger partial charge is 0.270 e. The molecule has 0 saturated carbocycles. The molecule has 4 rings (SSSR count). The van der Waals surface area contributed by atoms with Gasteiger partial charge in [0.15, 0.2) is 0 Å².